The summed E-state index contributed by atoms with van der Waals surface area (Å²) < 4.78 is 0. The average Bonchev–Trinajstić information content (AvgIpc) is 3.08. The van der Waals surface area contributed by atoms with Crippen molar-refractivity contribution in [2.75, 3.05) is 5.32 Å². The third-order valence-corrected chi connectivity index (χ3v) is 6.42. The monoisotopic (exact) mass is 369 g/mol. The van der Waals surface area contributed by atoms with Gasteiger partial charge in [0.25, 0.3) is 0 Å². The highest BCUT2D eigenvalue weighted by Gasteiger charge is 2.43. The lowest BCUT2D eigenvalue weighted by atomic mass is 9.74. The molecule has 3 aromatic rings. The minimum absolute atomic E-state index is 0.209. The second-order valence-corrected chi connectivity index (χ2v) is 8.13. The zero-order chi connectivity index (χ0) is 19.4. The number of aryl methyl sites for hydroxylation is 2. The zero-order valence-electron chi connectivity index (χ0n) is 16.1. The van der Waals surface area contributed by atoms with E-state index in [-0.39, 0.29) is 12.0 Å². The fourth-order valence-corrected chi connectivity index (χ4v) is 5.10. The van der Waals surface area contributed by atoms with Crippen LogP contribution in [-0.4, -0.2) is 11.1 Å². The van der Waals surface area contributed by atoms with Crippen LogP contribution in [0.25, 0.3) is 0 Å². The van der Waals surface area contributed by atoms with E-state index in [1.54, 1.807) is 6.07 Å². The Labute approximate surface area is 165 Å². The Hall–Kier alpha value is -3.07. The van der Waals surface area contributed by atoms with Gasteiger partial charge in [0, 0.05) is 11.6 Å². The molecule has 3 aromatic carbocycles. The van der Waals surface area contributed by atoms with Crippen molar-refractivity contribution in [2.24, 2.45) is 5.92 Å². The van der Waals surface area contributed by atoms with Crippen molar-refractivity contribution < 1.29 is 9.90 Å². The quantitative estimate of drug-likeness (QED) is 0.629. The predicted molar refractivity (Wildman–Crippen MR) is 111 cm³/mol. The second-order valence-electron chi connectivity index (χ2n) is 8.13. The summed E-state index contributed by atoms with van der Waals surface area (Å²) in [4.78, 5) is 11.6. The number of hydrogen-bond donors (Lipinski definition) is 2. The number of carboxylic acid groups (broad SMARTS) is 1. The molecule has 3 atom stereocenters. The zero-order valence-corrected chi connectivity index (χ0v) is 16.1. The summed E-state index contributed by atoms with van der Waals surface area (Å²) in [6.45, 7) is 4.32. The highest BCUT2D eigenvalue weighted by atomic mass is 16.4. The molecule has 140 valence electrons. The Morgan fingerprint density at radius 2 is 1.79 bits per heavy atom. The number of hydrogen-bond acceptors (Lipinski definition) is 2. The Bertz CT molecular complexity index is 1100. The minimum Gasteiger partial charge on any atom is -0.478 e. The van der Waals surface area contributed by atoms with E-state index in [0.29, 0.717) is 11.5 Å². The maximum atomic E-state index is 11.6. The lowest BCUT2D eigenvalue weighted by Crippen LogP contribution is -2.31. The second kappa shape index (κ2) is 6.23. The first-order valence-electron chi connectivity index (χ1n) is 9.81. The lowest BCUT2D eigenvalue weighted by Gasteiger charge is -2.39. The van der Waals surface area contributed by atoms with Crippen LogP contribution < -0.4 is 5.32 Å². The summed E-state index contributed by atoms with van der Waals surface area (Å²) in [5.74, 6) is -0.284. The summed E-state index contributed by atoms with van der Waals surface area (Å²) in [5, 5.41) is 13.3. The molecule has 1 aliphatic heterocycles. The van der Waals surface area contributed by atoms with Crippen molar-refractivity contribution in [2.45, 2.75) is 32.2 Å². The maximum Gasteiger partial charge on any atom is 0.335 e. The number of anilines is 1. The van der Waals surface area contributed by atoms with Gasteiger partial charge >= 0.3 is 5.97 Å². The van der Waals surface area contributed by atoms with Crippen molar-refractivity contribution in [3.05, 3.63) is 99.6 Å². The van der Waals surface area contributed by atoms with Gasteiger partial charge in [-0.2, -0.15) is 0 Å². The van der Waals surface area contributed by atoms with Gasteiger partial charge in [-0.15, -0.1) is 0 Å². The standard InChI is InChI=1S/C25H23NO2/c1-14-7-8-15(2)19(11-14)24-21-12-16-5-3-4-6-18(16)23(21)20-13-17(25(27)28)9-10-22(20)26-24/h3-11,13,21,23-24,26H,12H2,1-2H3,(H,27,28). The van der Waals surface area contributed by atoms with Crippen LogP contribution >= 0.6 is 0 Å². The normalized spacial score (nSPS) is 22.0. The number of nitrogens with one attached hydrogen (secondary N) is 1. The fourth-order valence-electron chi connectivity index (χ4n) is 5.10. The average molecular weight is 369 g/mol. The third-order valence-electron chi connectivity index (χ3n) is 6.42. The van der Waals surface area contributed by atoms with E-state index >= 15 is 0 Å². The van der Waals surface area contributed by atoms with Crippen LogP contribution in [0.5, 0.6) is 0 Å². The number of carboxylic acids is 1. The largest absolute Gasteiger partial charge is 0.478 e. The molecule has 0 amide bonds. The van der Waals surface area contributed by atoms with Gasteiger partial charge in [-0.25, -0.2) is 4.79 Å². The topological polar surface area (TPSA) is 49.3 Å². The molecule has 1 aliphatic carbocycles. The van der Waals surface area contributed by atoms with E-state index in [4.69, 9.17) is 0 Å². The highest BCUT2D eigenvalue weighted by Crippen LogP contribution is 2.54. The van der Waals surface area contributed by atoms with Gasteiger partial charge in [0.15, 0.2) is 0 Å². The summed E-state index contributed by atoms with van der Waals surface area (Å²) >= 11 is 0. The Morgan fingerprint density at radius 1 is 0.964 bits per heavy atom. The summed E-state index contributed by atoms with van der Waals surface area (Å²) in [5.41, 5.74) is 9.14. The molecule has 0 saturated carbocycles. The minimum atomic E-state index is -0.873. The first-order valence-corrected chi connectivity index (χ1v) is 9.81. The Balaban J connectivity index is 1.71. The number of carbonyl (C=O) groups is 1. The van der Waals surface area contributed by atoms with E-state index < -0.39 is 5.97 Å². The number of fused-ring (bicyclic) bond motifs is 5. The molecule has 0 aromatic heterocycles. The van der Waals surface area contributed by atoms with E-state index in [2.05, 4.69) is 61.6 Å². The van der Waals surface area contributed by atoms with Gasteiger partial charge in [-0.05, 0) is 72.2 Å². The van der Waals surface area contributed by atoms with Crippen molar-refractivity contribution in [3.63, 3.8) is 0 Å². The predicted octanol–water partition coefficient (Wildman–Crippen LogP) is 5.47. The van der Waals surface area contributed by atoms with Gasteiger partial charge in [-0.1, -0.05) is 48.0 Å². The molecule has 0 radical (unpaired) electrons. The first kappa shape index (κ1) is 17.1. The fraction of sp³-hybridized carbons (Fsp3) is 0.240. The van der Waals surface area contributed by atoms with E-state index in [1.165, 1.54) is 27.8 Å². The van der Waals surface area contributed by atoms with Crippen LogP contribution in [0.1, 0.15) is 55.7 Å². The van der Waals surface area contributed by atoms with E-state index in [9.17, 15) is 9.90 Å². The molecule has 2 N–H and O–H groups in total. The molecule has 0 bridgehead atoms. The lowest BCUT2D eigenvalue weighted by molar-refractivity contribution is 0.0696. The van der Waals surface area contributed by atoms with Gasteiger partial charge in [0.05, 0.1) is 11.6 Å². The molecule has 0 saturated heterocycles. The van der Waals surface area contributed by atoms with Gasteiger partial charge < -0.3 is 10.4 Å². The van der Waals surface area contributed by atoms with E-state index in [1.807, 2.05) is 12.1 Å². The molecule has 2 aliphatic rings. The van der Waals surface area contributed by atoms with Gasteiger partial charge in [0.1, 0.15) is 0 Å². The molecule has 1 heterocycles. The van der Waals surface area contributed by atoms with Crippen molar-refractivity contribution >= 4 is 11.7 Å². The van der Waals surface area contributed by atoms with Crippen LogP contribution in [-0.2, 0) is 6.42 Å². The van der Waals surface area contributed by atoms with Crippen LogP contribution in [0.3, 0.4) is 0 Å². The SMILES string of the molecule is Cc1ccc(C)c(C2Nc3ccc(C(=O)O)cc3C3c4ccccc4CC23)c1. The maximum absolute atomic E-state index is 11.6. The molecule has 28 heavy (non-hydrogen) atoms. The number of benzene rings is 3. The summed E-state index contributed by atoms with van der Waals surface area (Å²) in [6.07, 6.45) is 1.00. The smallest absolute Gasteiger partial charge is 0.335 e. The molecule has 3 nitrogen and oxygen atoms in total. The van der Waals surface area contributed by atoms with Crippen molar-refractivity contribution in [1.29, 1.82) is 0 Å². The summed E-state index contributed by atoms with van der Waals surface area (Å²) in [7, 11) is 0. The Kier molecular flexibility index (Phi) is 3.80. The van der Waals surface area contributed by atoms with Crippen molar-refractivity contribution in [1.82, 2.24) is 0 Å². The van der Waals surface area contributed by atoms with Gasteiger partial charge in [0.2, 0.25) is 0 Å². The summed E-state index contributed by atoms with van der Waals surface area (Å²) in [6, 6.07) is 21.0. The molecule has 5 rings (SSSR count). The molecule has 0 fully saturated rings. The molecule has 0 spiro atoms. The van der Waals surface area contributed by atoms with Crippen LogP contribution in [0.4, 0.5) is 5.69 Å². The third kappa shape index (κ3) is 2.54. The number of aromatic carboxylic acids is 1. The van der Waals surface area contributed by atoms with E-state index in [0.717, 1.165) is 17.7 Å². The van der Waals surface area contributed by atoms with Gasteiger partial charge in [-0.3, -0.25) is 0 Å². The Morgan fingerprint density at radius 3 is 2.61 bits per heavy atom. The first-order chi connectivity index (χ1) is 13.5. The van der Waals surface area contributed by atoms with Crippen molar-refractivity contribution in [3.8, 4) is 0 Å². The van der Waals surface area contributed by atoms with Crippen LogP contribution in [0.15, 0.2) is 60.7 Å². The molecule has 3 unspecified atom stereocenters. The van der Waals surface area contributed by atoms with Crippen LogP contribution in [0, 0.1) is 19.8 Å². The highest BCUT2D eigenvalue weighted by molar-refractivity contribution is 5.89. The van der Waals surface area contributed by atoms with Crippen LogP contribution in [0.2, 0.25) is 0 Å². The molecular formula is C25H23NO2. The number of rotatable bonds is 2. The molecular weight excluding hydrogens is 346 g/mol. The molecule has 3 heteroatoms.